The fraction of sp³-hybridized carbons (Fsp3) is 0.316. The SMILES string of the molecule is CCNC(=NCc1nc(-c2ccc(Cl)cc2)no1)NCC(C)(O)c1ccsc1. The summed E-state index contributed by atoms with van der Waals surface area (Å²) in [6.45, 7) is 4.96. The maximum absolute atomic E-state index is 10.6. The molecule has 2 heterocycles. The molecule has 1 unspecified atom stereocenters. The van der Waals surface area contributed by atoms with Crippen molar-refractivity contribution in [1.29, 1.82) is 0 Å². The molecule has 0 radical (unpaired) electrons. The Hall–Kier alpha value is -2.42. The highest BCUT2D eigenvalue weighted by atomic mass is 35.5. The number of rotatable bonds is 7. The summed E-state index contributed by atoms with van der Waals surface area (Å²) in [5.41, 5.74) is 0.688. The highest BCUT2D eigenvalue weighted by Crippen LogP contribution is 2.22. The Morgan fingerprint density at radius 2 is 2.07 bits per heavy atom. The molecule has 3 rings (SSSR count). The molecule has 3 N–H and O–H groups in total. The second-order valence-electron chi connectivity index (χ2n) is 6.35. The van der Waals surface area contributed by atoms with E-state index in [1.807, 2.05) is 35.9 Å². The summed E-state index contributed by atoms with van der Waals surface area (Å²) in [6, 6.07) is 9.12. The molecule has 0 saturated carbocycles. The van der Waals surface area contributed by atoms with Gasteiger partial charge in [-0.3, -0.25) is 0 Å². The molecule has 0 aliphatic heterocycles. The number of aliphatic hydroxyl groups is 1. The number of benzene rings is 1. The van der Waals surface area contributed by atoms with E-state index in [1.165, 1.54) is 0 Å². The molecule has 1 aromatic carbocycles. The van der Waals surface area contributed by atoms with Gasteiger partial charge in [-0.15, -0.1) is 0 Å². The molecular formula is C19H22ClN5O2S. The molecule has 3 aromatic rings. The van der Waals surface area contributed by atoms with Crippen LogP contribution in [-0.4, -0.2) is 34.3 Å². The summed E-state index contributed by atoms with van der Waals surface area (Å²) in [5.74, 6) is 1.44. The van der Waals surface area contributed by atoms with Crippen LogP contribution in [-0.2, 0) is 12.1 Å². The molecule has 148 valence electrons. The number of hydrogen-bond acceptors (Lipinski definition) is 6. The highest BCUT2D eigenvalue weighted by Gasteiger charge is 2.23. The Morgan fingerprint density at radius 3 is 2.75 bits per heavy atom. The van der Waals surface area contributed by atoms with E-state index in [0.717, 1.165) is 11.1 Å². The number of nitrogens with one attached hydrogen (secondary N) is 2. The van der Waals surface area contributed by atoms with Crippen molar-refractivity contribution in [2.24, 2.45) is 4.99 Å². The Labute approximate surface area is 172 Å². The second-order valence-corrected chi connectivity index (χ2v) is 7.57. The molecule has 9 heteroatoms. The molecule has 0 saturated heterocycles. The van der Waals surface area contributed by atoms with E-state index in [9.17, 15) is 5.11 Å². The first-order valence-electron chi connectivity index (χ1n) is 8.83. The number of nitrogens with zero attached hydrogens (tertiary/aromatic N) is 3. The summed E-state index contributed by atoms with van der Waals surface area (Å²) in [7, 11) is 0. The zero-order valence-electron chi connectivity index (χ0n) is 15.6. The van der Waals surface area contributed by atoms with Crippen molar-refractivity contribution >= 4 is 28.9 Å². The lowest BCUT2D eigenvalue weighted by Crippen LogP contribution is -2.44. The standard InChI is InChI=1S/C19H22ClN5O2S/c1-3-21-18(23-12-19(2,26)14-8-9-28-11-14)22-10-16-24-17(25-27-16)13-4-6-15(20)7-5-13/h4-9,11,26H,3,10,12H2,1-2H3,(H2,21,22,23). The van der Waals surface area contributed by atoms with E-state index in [-0.39, 0.29) is 6.54 Å². The molecule has 0 aliphatic carbocycles. The van der Waals surface area contributed by atoms with E-state index >= 15 is 0 Å². The fourth-order valence-electron chi connectivity index (χ4n) is 2.45. The van der Waals surface area contributed by atoms with Gasteiger partial charge in [-0.25, -0.2) is 4.99 Å². The van der Waals surface area contributed by atoms with E-state index in [0.29, 0.717) is 35.8 Å². The summed E-state index contributed by atoms with van der Waals surface area (Å²) in [4.78, 5) is 8.82. The first kappa shape index (κ1) is 20.3. The van der Waals surface area contributed by atoms with Crippen molar-refractivity contribution < 1.29 is 9.63 Å². The molecular weight excluding hydrogens is 398 g/mol. The molecule has 28 heavy (non-hydrogen) atoms. The van der Waals surface area contributed by atoms with Crippen LogP contribution in [0.4, 0.5) is 0 Å². The lowest BCUT2D eigenvalue weighted by Gasteiger charge is -2.24. The Bertz CT molecular complexity index is 907. The maximum atomic E-state index is 10.6. The minimum atomic E-state index is -0.998. The average molecular weight is 420 g/mol. The van der Waals surface area contributed by atoms with Crippen molar-refractivity contribution in [1.82, 2.24) is 20.8 Å². The Kier molecular flexibility index (Phi) is 6.66. The second kappa shape index (κ2) is 9.18. The van der Waals surface area contributed by atoms with Gasteiger partial charge in [0.05, 0.1) is 6.54 Å². The summed E-state index contributed by atoms with van der Waals surface area (Å²) in [5, 5.41) is 25.4. The van der Waals surface area contributed by atoms with Crippen LogP contribution in [0.3, 0.4) is 0 Å². The molecule has 0 bridgehead atoms. The van der Waals surface area contributed by atoms with Crippen LogP contribution in [0.5, 0.6) is 0 Å². The molecule has 1 atom stereocenters. The summed E-state index contributed by atoms with van der Waals surface area (Å²) < 4.78 is 5.28. The van der Waals surface area contributed by atoms with Crippen molar-refractivity contribution in [3.05, 3.63) is 57.6 Å². The number of halogens is 1. The van der Waals surface area contributed by atoms with Gasteiger partial charge in [0.25, 0.3) is 0 Å². The molecule has 0 spiro atoms. The third kappa shape index (κ3) is 5.31. The predicted octanol–water partition coefficient (Wildman–Crippen LogP) is 3.41. The van der Waals surface area contributed by atoms with Crippen LogP contribution in [0.15, 0.2) is 50.6 Å². The van der Waals surface area contributed by atoms with E-state index in [2.05, 4.69) is 25.8 Å². The third-order valence-corrected chi connectivity index (χ3v) is 4.97. The lowest BCUT2D eigenvalue weighted by atomic mass is 9.99. The van der Waals surface area contributed by atoms with Crippen molar-refractivity contribution in [2.45, 2.75) is 26.0 Å². The van der Waals surface area contributed by atoms with Gasteiger partial charge in [-0.1, -0.05) is 16.8 Å². The zero-order chi connectivity index (χ0) is 20.0. The molecule has 7 nitrogen and oxygen atoms in total. The van der Waals surface area contributed by atoms with Crippen molar-refractivity contribution in [3.63, 3.8) is 0 Å². The number of guanidine groups is 1. The van der Waals surface area contributed by atoms with Crippen LogP contribution in [0, 0.1) is 0 Å². The average Bonchev–Trinajstić information content (AvgIpc) is 3.37. The quantitative estimate of drug-likeness (QED) is 0.401. The van der Waals surface area contributed by atoms with Gasteiger partial charge in [0.1, 0.15) is 12.1 Å². The third-order valence-electron chi connectivity index (χ3n) is 4.03. The summed E-state index contributed by atoms with van der Waals surface area (Å²) >= 11 is 7.45. The fourth-order valence-corrected chi connectivity index (χ4v) is 3.36. The predicted molar refractivity (Wildman–Crippen MR) is 111 cm³/mol. The summed E-state index contributed by atoms with van der Waals surface area (Å²) in [6.07, 6.45) is 0. The van der Waals surface area contributed by atoms with E-state index in [4.69, 9.17) is 16.1 Å². The molecule has 0 amide bonds. The number of aliphatic imine (C=N–C) groups is 1. The van der Waals surface area contributed by atoms with Crippen molar-refractivity contribution in [2.75, 3.05) is 13.1 Å². The molecule has 2 aromatic heterocycles. The number of aromatic nitrogens is 2. The maximum Gasteiger partial charge on any atom is 0.248 e. The molecule has 0 fully saturated rings. The van der Waals surface area contributed by atoms with Gasteiger partial charge in [-0.05, 0) is 60.5 Å². The van der Waals surface area contributed by atoms with Gasteiger partial charge in [-0.2, -0.15) is 16.3 Å². The van der Waals surface area contributed by atoms with E-state index in [1.54, 1.807) is 30.4 Å². The van der Waals surface area contributed by atoms with Crippen LogP contribution >= 0.6 is 22.9 Å². The van der Waals surface area contributed by atoms with Crippen LogP contribution in [0.25, 0.3) is 11.4 Å². The topological polar surface area (TPSA) is 95.6 Å². The van der Waals surface area contributed by atoms with Crippen LogP contribution in [0.1, 0.15) is 25.3 Å². The van der Waals surface area contributed by atoms with Gasteiger partial charge < -0.3 is 20.3 Å². The Morgan fingerprint density at radius 1 is 1.29 bits per heavy atom. The lowest BCUT2D eigenvalue weighted by molar-refractivity contribution is 0.0621. The van der Waals surface area contributed by atoms with Gasteiger partial charge >= 0.3 is 0 Å². The van der Waals surface area contributed by atoms with Gasteiger partial charge in [0.2, 0.25) is 11.7 Å². The largest absolute Gasteiger partial charge is 0.384 e. The van der Waals surface area contributed by atoms with E-state index < -0.39 is 5.60 Å². The zero-order valence-corrected chi connectivity index (χ0v) is 17.2. The number of thiophene rings is 1. The molecule has 0 aliphatic rings. The first-order chi connectivity index (χ1) is 13.5. The van der Waals surface area contributed by atoms with Gasteiger partial charge in [0.15, 0.2) is 5.96 Å². The van der Waals surface area contributed by atoms with Crippen LogP contribution in [0.2, 0.25) is 5.02 Å². The first-order valence-corrected chi connectivity index (χ1v) is 10.2. The smallest absolute Gasteiger partial charge is 0.248 e. The minimum Gasteiger partial charge on any atom is -0.384 e. The van der Waals surface area contributed by atoms with Crippen LogP contribution < -0.4 is 10.6 Å². The van der Waals surface area contributed by atoms with Crippen molar-refractivity contribution in [3.8, 4) is 11.4 Å². The normalized spacial score (nSPS) is 13.9. The Balaban J connectivity index is 1.63. The highest BCUT2D eigenvalue weighted by molar-refractivity contribution is 7.08. The minimum absolute atomic E-state index is 0.219. The monoisotopic (exact) mass is 419 g/mol. The van der Waals surface area contributed by atoms with Gasteiger partial charge in [0, 0.05) is 17.1 Å². The number of hydrogen-bond donors (Lipinski definition) is 3.